The smallest absolute Gasteiger partial charge is 0.417 e. The zero-order valence-electron chi connectivity index (χ0n) is 10.9. The number of carbonyl (C=O) groups is 1. The van der Waals surface area contributed by atoms with Crippen molar-refractivity contribution >= 4 is 17.1 Å². The van der Waals surface area contributed by atoms with Gasteiger partial charge in [-0.1, -0.05) is 18.2 Å². The van der Waals surface area contributed by atoms with Gasteiger partial charge in [0.1, 0.15) is 11.1 Å². The maximum absolute atomic E-state index is 13.0. The quantitative estimate of drug-likeness (QED) is 0.770. The summed E-state index contributed by atoms with van der Waals surface area (Å²) >= 11 is 0. The first-order valence-electron chi connectivity index (χ1n) is 6.17. The van der Waals surface area contributed by atoms with Crippen LogP contribution in [-0.2, 0) is 6.18 Å². The summed E-state index contributed by atoms with van der Waals surface area (Å²) in [5, 5.41) is 9.08. The van der Waals surface area contributed by atoms with Crippen LogP contribution in [0, 0.1) is 0 Å². The topological polar surface area (TPSA) is 63.3 Å². The minimum atomic E-state index is -4.56. The average molecular weight is 307 g/mol. The van der Waals surface area contributed by atoms with Crippen LogP contribution in [-0.4, -0.2) is 16.1 Å². The molecule has 0 fully saturated rings. The fourth-order valence-electron chi connectivity index (χ4n) is 2.15. The minimum Gasteiger partial charge on any atom is -0.478 e. The van der Waals surface area contributed by atoms with Crippen molar-refractivity contribution in [2.75, 3.05) is 0 Å². The van der Waals surface area contributed by atoms with Crippen LogP contribution in [0.15, 0.2) is 46.9 Å². The number of rotatable bonds is 2. The Kier molecular flexibility index (Phi) is 3.13. The zero-order chi connectivity index (χ0) is 15.9. The maximum atomic E-state index is 13.0. The largest absolute Gasteiger partial charge is 0.478 e. The third kappa shape index (κ3) is 2.30. The molecule has 7 heteroatoms. The third-order valence-corrected chi connectivity index (χ3v) is 3.11. The highest BCUT2D eigenvalue weighted by Crippen LogP contribution is 2.37. The van der Waals surface area contributed by atoms with Crippen LogP contribution in [0.25, 0.3) is 22.6 Å². The molecule has 0 aliphatic heterocycles. The molecule has 112 valence electrons. The molecule has 1 aromatic heterocycles. The molecular weight excluding hydrogens is 299 g/mol. The lowest BCUT2D eigenvalue weighted by molar-refractivity contribution is -0.137. The molecule has 1 heterocycles. The van der Waals surface area contributed by atoms with Gasteiger partial charge in [-0.2, -0.15) is 13.2 Å². The van der Waals surface area contributed by atoms with E-state index in [4.69, 9.17) is 9.52 Å². The molecule has 1 N–H and O–H groups in total. The molecule has 0 unspecified atom stereocenters. The van der Waals surface area contributed by atoms with E-state index in [1.165, 1.54) is 36.4 Å². The molecule has 2 aromatic carbocycles. The van der Waals surface area contributed by atoms with E-state index in [0.717, 1.165) is 6.07 Å². The average Bonchev–Trinajstić information content (AvgIpc) is 2.89. The standard InChI is InChI=1S/C15H8F3NO3/c16-15(17,18)10-6-2-1-4-8(10)13-19-11-7-3-5-9(14(20)21)12(11)22-13/h1-7H,(H,20,21). The molecule has 0 saturated heterocycles. The predicted octanol–water partition coefficient (Wildman–Crippen LogP) is 4.21. The zero-order valence-corrected chi connectivity index (χ0v) is 10.9. The number of aromatic nitrogens is 1. The Balaban J connectivity index is 2.25. The lowest BCUT2D eigenvalue weighted by atomic mass is 10.1. The Bertz CT molecular complexity index is 868. The summed E-state index contributed by atoms with van der Waals surface area (Å²) in [5.41, 5.74) is -1.14. The van der Waals surface area contributed by atoms with Gasteiger partial charge in [0, 0.05) is 5.56 Å². The molecule has 0 bridgehead atoms. The molecular formula is C15H8F3NO3. The number of hydrogen-bond donors (Lipinski definition) is 1. The first kappa shape index (κ1) is 14.1. The van der Waals surface area contributed by atoms with Crippen LogP contribution in [0.5, 0.6) is 0 Å². The summed E-state index contributed by atoms with van der Waals surface area (Å²) < 4.78 is 44.4. The molecule has 3 rings (SSSR count). The number of oxazole rings is 1. The summed E-state index contributed by atoms with van der Waals surface area (Å²) in [4.78, 5) is 15.1. The monoisotopic (exact) mass is 307 g/mol. The maximum Gasteiger partial charge on any atom is 0.417 e. The number of benzene rings is 2. The van der Waals surface area contributed by atoms with Crippen molar-refractivity contribution in [2.45, 2.75) is 6.18 Å². The van der Waals surface area contributed by atoms with E-state index in [-0.39, 0.29) is 28.1 Å². The normalized spacial score (nSPS) is 11.8. The van der Waals surface area contributed by atoms with Gasteiger partial charge in [0.2, 0.25) is 5.89 Å². The Labute approximate surface area is 121 Å². The lowest BCUT2D eigenvalue weighted by Crippen LogP contribution is -2.06. The van der Waals surface area contributed by atoms with Gasteiger partial charge >= 0.3 is 12.1 Å². The van der Waals surface area contributed by atoms with Crippen LogP contribution < -0.4 is 0 Å². The highest BCUT2D eigenvalue weighted by Gasteiger charge is 2.34. The first-order valence-corrected chi connectivity index (χ1v) is 6.17. The summed E-state index contributed by atoms with van der Waals surface area (Å²) in [6.07, 6.45) is -4.56. The number of carboxylic acids is 1. The number of aromatic carboxylic acids is 1. The number of para-hydroxylation sites is 1. The lowest BCUT2D eigenvalue weighted by Gasteiger charge is -2.09. The second kappa shape index (κ2) is 4.87. The number of halogens is 3. The van der Waals surface area contributed by atoms with Crippen molar-refractivity contribution in [3.05, 3.63) is 53.6 Å². The van der Waals surface area contributed by atoms with E-state index in [1.807, 2.05) is 0 Å². The number of carboxylic acid groups (broad SMARTS) is 1. The van der Waals surface area contributed by atoms with E-state index in [9.17, 15) is 18.0 Å². The van der Waals surface area contributed by atoms with E-state index in [2.05, 4.69) is 4.98 Å². The Morgan fingerprint density at radius 1 is 1.09 bits per heavy atom. The van der Waals surface area contributed by atoms with Gasteiger partial charge in [-0.05, 0) is 24.3 Å². The second-order valence-corrected chi connectivity index (χ2v) is 4.52. The van der Waals surface area contributed by atoms with Crippen LogP contribution >= 0.6 is 0 Å². The van der Waals surface area contributed by atoms with Crippen molar-refractivity contribution in [3.63, 3.8) is 0 Å². The summed E-state index contributed by atoms with van der Waals surface area (Å²) in [6, 6.07) is 9.07. The Morgan fingerprint density at radius 3 is 2.50 bits per heavy atom. The molecule has 4 nitrogen and oxygen atoms in total. The predicted molar refractivity (Wildman–Crippen MR) is 71.4 cm³/mol. The van der Waals surface area contributed by atoms with Gasteiger partial charge in [0.05, 0.1) is 5.56 Å². The number of alkyl halides is 3. The summed E-state index contributed by atoms with van der Waals surface area (Å²) in [6.45, 7) is 0. The van der Waals surface area contributed by atoms with E-state index < -0.39 is 17.7 Å². The van der Waals surface area contributed by atoms with Gasteiger partial charge in [-0.15, -0.1) is 0 Å². The molecule has 0 aliphatic rings. The van der Waals surface area contributed by atoms with Crippen LogP contribution in [0.1, 0.15) is 15.9 Å². The number of nitrogens with zero attached hydrogens (tertiary/aromatic N) is 1. The molecule has 0 radical (unpaired) electrons. The molecule has 0 atom stereocenters. The fourth-order valence-corrected chi connectivity index (χ4v) is 2.15. The van der Waals surface area contributed by atoms with Crippen molar-refractivity contribution in [1.82, 2.24) is 4.98 Å². The SMILES string of the molecule is O=C(O)c1cccc2nc(-c3ccccc3C(F)(F)F)oc12. The van der Waals surface area contributed by atoms with Gasteiger partial charge in [0.15, 0.2) is 5.58 Å². The van der Waals surface area contributed by atoms with Gasteiger partial charge in [0.25, 0.3) is 0 Å². The highest BCUT2D eigenvalue weighted by molar-refractivity contribution is 6.00. The summed E-state index contributed by atoms with van der Waals surface area (Å²) in [5.74, 6) is -1.51. The molecule has 3 aromatic rings. The van der Waals surface area contributed by atoms with Crippen LogP contribution in [0.2, 0.25) is 0 Å². The van der Waals surface area contributed by atoms with Crippen molar-refractivity contribution in [3.8, 4) is 11.5 Å². The Hall–Kier alpha value is -2.83. The summed E-state index contributed by atoms with van der Waals surface area (Å²) in [7, 11) is 0. The van der Waals surface area contributed by atoms with E-state index in [0.29, 0.717) is 0 Å². The van der Waals surface area contributed by atoms with Crippen molar-refractivity contribution in [1.29, 1.82) is 0 Å². The van der Waals surface area contributed by atoms with E-state index in [1.54, 1.807) is 0 Å². The van der Waals surface area contributed by atoms with E-state index >= 15 is 0 Å². The van der Waals surface area contributed by atoms with Gasteiger partial charge < -0.3 is 9.52 Å². The van der Waals surface area contributed by atoms with Gasteiger partial charge in [-0.25, -0.2) is 9.78 Å². The van der Waals surface area contributed by atoms with Crippen molar-refractivity contribution < 1.29 is 27.5 Å². The van der Waals surface area contributed by atoms with Crippen molar-refractivity contribution in [2.24, 2.45) is 0 Å². The molecule has 0 spiro atoms. The number of fused-ring (bicyclic) bond motifs is 1. The molecule has 0 aliphatic carbocycles. The number of hydrogen-bond acceptors (Lipinski definition) is 3. The molecule has 0 saturated carbocycles. The highest BCUT2D eigenvalue weighted by atomic mass is 19.4. The second-order valence-electron chi connectivity index (χ2n) is 4.52. The third-order valence-electron chi connectivity index (χ3n) is 3.11. The van der Waals surface area contributed by atoms with Crippen LogP contribution in [0.4, 0.5) is 13.2 Å². The van der Waals surface area contributed by atoms with Crippen LogP contribution in [0.3, 0.4) is 0 Å². The van der Waals surface area contributed by atoms with Gasteiger partial charge in [-0.3, -0.25) is 0 Å². The molecule has 0 amide bonds. The fraction of sp³-hybridized carbons (Fsp3) is 0.0667. The first-order chi connectivity index (χ1) is 10.4. The Morgan fingerprint density at radius 2 is 1.82 bits per heavy atom. The molecule has 22 heavy (non-hydrogen) atoms. The minimum absolute atomic E-state index is 0.0537.